The van der Waals surface area contributed by atoms with E-state index in [1.165, 1.54) is 5.56 Å². The number of halogens is 1. The largest absolute Gasteiger partial charge is 0.312 e. The molecular weight excluding hydrogens is 342 g/mol. The number of sulfone groups is 1. The van der Waals surface area contributed by atoms with Gasteiger partial charge in [0.2, 0.25) is 5.91 Å². The first-order valence-electron chi connectivity index (χ1n) is 6.74. The monoisotopic (exact) mass is 357 g/mol. The molecule has 2 heterocycles. The Bertz CT molecular complexity index is 656. The Morgan fingerprint density at radius 1 is 1.40 bits per heavy atom. The van der Waals surface area contributed by atoms with E-state index in [1.54, 1.807) is 4.90 Å². The molecule has 4 nitrogen and oxygen atoms in total. The zero-order valence-electron chi connectivity index (χ0n) is 11.0. The van der Waals surface area contributed by atoms with Crippen LogP contribution in [-0.2, 0) is 21.1 Å². The molecule has 6 heteroatoms. The van der Waals surface area contributed by atoms with Crippen LogP contribution in [-0.4, -0.2) is 32.4 Å². The van der Waals surface area contributed by atoms with Gasteiger partial charge in [-0.2, -0.15) is 0 Å². The number of rotatable bonds is 2. The van der Waals surface area contributed by atoms with E-state index in [2.05, 4.69) is 15.9 Å². The van der Waals surface area contributed by atoms with Crippen molar-refractivity contribution in [2.45, 2.75) is 19.3 Å². The number of carbonyl (C=O) groups is 1. The van der Waals surface area contributed by atoms with Gasteiger partial charge in [0.25, 0.3) is 0 Å². The molecule has 20 heavy (non-hydrogen) atoms. The van der Waals surface area contributed by atoms with E-state index in [-0.39, 0.29) is 23.3 Å². The van der Waals surface area contributed by atoms with Gasteiger partial charge < -0.3 is 4.90 Å². The topological polar surface area (TPSA) is 54.5 Å². The number of nitrogens with zero attached hydrogens (tertiary/aromatic N) is 1. The Hall–Kier alpha value is -0.880. The fourth-order valence-corrected chi connectivity index (χ4v) is 5.29. The van der Waals surface area contributed by atoms with Gasteiger partial charge >= 0.3 is 0 Å². The average molecular weight is 358 g/mol. The standard InChI is InChI=1S/C14H16BrNO3S/c15-12-1-2-13-11(8-12)3-5-16(13)14(17)7-10-4-6-20(18,19)9-10/h1-2,8,10H,3-7,9H2. The molecule has 0 spiro atoms. The Balaban J connectivity index is 1.71. The molecule has 0 aromatic heterocycles. The highest BCUT2D eigenvalue weighted by atomic mass is 79.9. The zero-order chi connectivity index (χ0) is 14.3. The first-order chi connectivity index (χ1) is 9.44. The molecule has 1 amide bonds. The van der Waals surface area contributed by atoms with Crippen LogP contribution in [0.4, 0.5) is 5.69 Å². The Kier molecular flexibility index (Phi) is 3.62. The Labute approximate surface area is 127 Å². The summed E-state index contributed by atoms with van der Waals surface area (Å²) >= 11 is 3.44. The molecule has 3 rings (SSSR count). The average Bonchev–Trinajstić information content (AvgIpc) is 2.92. The second-order valence-electron chi connectivity index (χ2n) is 5.54. The van der Waals surface area contributed by atoms with E-state index >= 15 is 0 Å². The molecule has 1 atom stereocenters. The van der Waals surface area contributed by atoms with Gasteiger partial charge in [0, 0.05) is 23.1 Å². The molecule has 1 aromatic rings. The lowest BCUT2D eigenvalue weighted by atomic mass is 10.0. The molecule has 2 aliphatic rings. The van der Waals surface area contributed by atoms with Crippen molar-refractivity contribution in [3.05, 3.63) is 28.2 Å². The van der Waals surface area contributed by atoms with Crippen LogP contribution in [0.2, 0.25) is 0 Å². The van der Waals surface area contributed by atoms with E-state index in [0.29, 0.717) is 19.4 Å². The number of anilines is 1. The molecule has 0 radical (unpaired) electrons. The van der Waals surface area contributed by atoms with Gasteiger partial charge in [-0.15, -0.1) is 0 Å². The first kappa shape index (κ1) is 14.1. The molecule has 108 valence electrons. The second kappa shape index (κ2) is 5.15. The van der Waals surface area contributed by atoms with Crippen LogP contribution in [0.1, 0.15) is 18.4 Å². The third-order valence-corrected chi connectivity index (χ3v) is 6.36. The van der Waals surface area contributed by atoms with E-state index in [9.17, 15) is 13.2 Å². The minimum Gasteiger partial charge on any atom is -0.312 e. The third kappa shape index (κ3) is 2.76. The molecule has 0 bridgehead atoms. The smallest absolute Gasteiger partial charge is 0.227 e. The number of carbonyl (C=O) groups excluding carboxylic acids is 1. The number of benzene rings is 1. The summed E-state index contributed by atoms with van der Waals surface area (Å²) in [5.41, 5.74) is 2.14. The third-order valence-electron chi connectivity index (χ3n) is 4.03. The van der Waals surface area contributed by atoms with Crippen molar-refractivity contribution in [2.75, 3.05) is 23.0 Å². The van der Waals surface area contributed by atoms with Gasteiger partial charge in [0.1, 0.15) is 0 Å². The summed E-state index contributed by atoms with van der Waals surface area (Å²) < 4.78 is 23.9. The Morgan fingerprint density at radius 2 is 2.20 bits per heavy atom. The fraction of sp³-hybridized carbons (Fsp3) is 0.500. The van der Waals surface area contributed by atoms with Gasteiger partial charge in [-0.3, -0.25) is 4.79 Å². The number of hydrogen-bond donors (Lipinski definition) is 0. The normalized spacial score (nSPS) is 23.9. The number of amides is 1. The summed E-state index contributed by atoms with van der Waals surface area (Å²) in [6.07, 6.45) is 1.83. The fourth-order valence-electron chi connectivity index (χ4n) is 3.02. The maximum Gasteiger partial charge on any atom is 0.227 e. The minimum absolute atomic E-state index is 0.00741. The van der Waals surface area contributed by atoms with Crippen LogP contribution >= 0.6 is 15.9 Å². The molecule has 1 aromatic carbocycles. The van der Waals surface area contributed by atoms with Gasteiger partial charge in [-0.05, 0) is 42.5 Å². The van der Waals surface area contributed by atoms with Crippen LogP contribution in [0.3, 0.4) is 0 Å². The second-order valence-corrected chi connectivity index (χ2v) is 8.69. The summed E-state index contributed by atoms with van der Waals surface area (Å²) in [5, 5.41) is 0. The number of hydrogen-bond acceptors (Lipinski definition) is 3. The van der Waals surface area contributed by atoms with E-state index in [1.807, 2.05) is 18.2 Å². The van der Waals surface area contributed by atoms with E-state index in [4.69, 9.17) is 0 Å². The highest BCUT2D eigenvalue weighted by molar-refractivity contribution is 9.10. The summed E-state index contributed by atoms with van der Waals surface area (Å²) in [4.78, 5) is 14.2. The van der Waals surface area contributed by atoms with Crippen LogP contribution in [0, 0.1) is 5.92 Å². The van der Waals surface area contributed by atoms with Crippen molar-refractivity contribution in [1.82, 2.24) is 0 Å². The summed E-state index contributed by atoms with van der Waals surface area (Å²) in [6.45, 7) is 0.699. The predicted octanol–water partition coefficient (Wildman–Crippen LogP) is 2.16. The zero-order valence-corrected chi connectivity index (χ0v) is 13.4. The van der Waals surface area contributed by atoms with Gasteiger partial charge in [-0.1, -0.05) is 15.9 Å². The van der Waals surface area contributed by atoms with Gasteiger partial charge in [-0.25, -0.2) is 8.42 Å². The van der Waals surface area contributed by atoms with Crippen molar-refractivity contribution >= 4 is 37.4 Å². The molecule has 0 N–H and O–H groups in total. The van der Waals surface area contributed by atoms with Crippen molar-refractivity contribution in [2.24, 2.45) is 5.92 Å². The maximum absolute atomic E-state index is 12.4. The van der Waals surface area contributed by atoms with Crippen molar-refractivity contribution < 1.29 is 13.2 Å². The summed E-state index contributed by atoms with van der Waals surface area (Å²) in [7, 11) is -2.91. The van der Waals surface area contributed by atoms with E-state index in [0.717, 1.165) is 16.6 Å². The lowest BCUT2D eigenvalue weighted by molar-refractivity contribution is -0.119. The highest BCUT2D eigenvalue weighted by Crippen LogP contribution is 2.32. The minimum atomic E-state index is -2.91. The van der Waals surface area contributed by atoms with Crippen molar-refractivity contribution in [3.8, 4) is 0 Å². The van der Waals surface area contributed by atoms with Crippen LogP contribution in [0.15, 0.2) is 22.7 Å². The van der Waals surface area contributed by atoms with Crippen molar-refractivity contribution in [1.29, 1.82) is 0 Å². The first-order valence-corrected chi connectivity index (χ1v) is 9.35. The molecular formula is C14H16BrNO3S. The summed E-state index contributed by atoms with van der Waals surface area (Å²) in [5.74, 6) is 0.439. The quantitative estimate of drug-likeness (QED) is 0.814. The van der Waals surface area contributed by atoms with E-state index < -0.39 is 9.84 Å². The summed E-state index contributed by atoms with van der Waals surface area (Å²) in [6, 6.07) is 5.93. The molecule has 1 unspecified atom stereocenters. The van der Waals surface area contributed by atoms with Gasteiger partial charge in [0.15, 0.2) is 9.84 Å². The van der Waals surface area contributed by atoms with Gasteiger partial charge in [0.05, 0.1) is 11.5 Å². The molecule has 0 saturated carbocycles. The van der Waals surface area contributed by atoms with Crippen LogP contribution in [0.5, 0.6) is 0 Å². The molecule has 1 fully saturated rings. The molecule has 1 saturated heterocycles. The highest BCUT2D eigenvalue weighted by Gasteiger charge is 2.32. The predicted molar refractivity (Wildman–Crippen MR) is 81.6 cm³/mol. The lowest BCUT2D eigenvalue weighted by Crippen LogP contribution is -2.30. The molecule has 2 aliphatic heterocycles. The van der Waals surface area contributed by atoms with Crippen molar-refractivity contribution in [3.63, 3.8) is 0 Å². The molecule has 0 aliphatic carbocycles. The Morgan fingerprint density at radius 3 is 2.90 bits per heavy atom. The maximum atomic E-state index is 12.4. The SMILES string of the molecule is O=C(CC1CCS(=O)(=O)C1)N1CCc2cc(Br)ccc21. The number of fused-ring (bicyclic) bond motifs is 1. The van der Waals surface area contributed by atoms with Crippen LogP contribution in [0.25, 0.3) is 0 Å². The van der Waals surface area contributed by atoms with Crippen LogP contribution < -0.4 is 4.90 Å². The lowest BCUT2D eigenvalue weighted by Gasteiger charge is -2.19.